The van der Waals surface area contributed by atoms with Gasteiger partial charge in [0.1, 0.15) is 10.6 Å². The first kappa shape index (κ1) is 23.1. The average Bonchev–Trinajstić information content (AvgIpc) is 3.49. The number of nitrogens with zero attached hydrogens (tertiary/aromatic N) is 3. The van der Waals surface area contributed by atoms with E-state index in [1.807, 2.05) is 83.4 Å². The molecule has 0 aliphatic heterocycles. The molecule has 1 amide bonds. The van der Waals surface area contributed by atoms with Crippen LogP contribution in [0.15, 0.2) is 77.3 Å². The highest BCUT2D eigenvalue weighted by Crippen LogP contribution is 2.37. The molecule has 0 aliphatic carbocycles. The Morgan fingerprint density at radius 3 is 2.63 bits per heavy atom. The number of carbonyl (C=O) groups is 2. The molecule has 2 aromatic carbocycles. The molecule has 0 saturated heterocycles. The van der Waals surface area contributed by atoms with Crippen LogP contribution in [-0.4, -0.2) is 38.3 Å². The summed E-state index contributed by atoms with van der Waals surface area (Å²) in [6.07, 6.45) is 0. The Labute approximate surface area is 210 Å². The molecule has 0 bridgehead atoms. The number of thiophene rings is 1. The van der Waals surface area contributed by atoms with E-state index in [4.69, 9.17) is 4.74 Å². The van der Waals surface area contributed by atoms with Gasteiger partial charge in [0, 0.05) is 10.9 Å². The Hall–Kier alpha value is -3.69. The van der Waals surface area contributed by atoms with E-state index in [1.54, 1.807) is 6.92 Å². The third kappa shape index (κ3) is 4.52. The molecule has 1 atom stereocenters. The van der Waals surface area contributed by atoms with Crippen LogP contribution < -0.4 is 5.32 Å². The molecule has 0 radical (unpaired) electrons. The normalized spacial score (nSPS) is 12.1. The van der Waals surface area contributed by atoms with Crippen LogP contribution in [-0.2, 0) is 9.53 Å². The maximum absolute atomic E-state index is 13.2. The fourth-order valence-electron chi connectivity index (χ4n) is 3.80. The zero-order valence-electron chi connectivity index (χ0n) is 19.1. The first-order chi connectivity index (χ1) is 17.1. The number of ether oxygens (including phenoxy) is 1. The summed E-state index contributed by atoms with van der Waals surface area (Å²) in [6, 6.07) is 21.5. The van der Waals surface area contributed by atoms with Gasteiger partial charge in [-0.1, -0.05) is 60.3 Å². The summed E-state index contributed by atoms with van der Waals surface area (Å²) in [5.74, 6) is -0.697. The van der Waals surface area contributed by atoms with Crippen molar-refractivity contribution in [2.75, 3.05) is 11.9 Å². The fourth-order valence-corrected chi connectivity index (χ4v) is 5.63. The standard InChI is InChI=1S/C26H22N4O3S2/c1-3-33-25(32)22-19(17-9-5-4-6-10-17)15-34-24(22)27-23(31)16(2)35-26-29-28-21-14-13-18-11-7-8-12-20(18)30(21)26/h4-16H,3H2,1-2H3,(H,27,31). The molecular weight excluding hydrogens is 480 g/mol. The van der Waals surface area contributed by atoms with Crippen LogP contribution in [0.2, 0.25) is 0 Å². The van der Waals surface area contributed by atoms with Crippen molar-refractivity contribution in [2.24, 2.45) is 0 Å². The van der Waals surface area contributed by atoms with Crippen molar-refractivity contribution < 1.29 is 14.3 Å². The molecule has 5 aromatic rings. The number of pyridine rings is 1. The number of anilines is 1. The summed E-state index contributed by atoms with van der Waals surface area (Å²) < 4.78 is 7.25. The van der Waals surface area contributed by atoms with Crippen molar-refractivity contribution in [3.8, 4) is 11.1 Å². The Bertz CT molecular complexity index is 1530. The van der Waals surface area contributed by atoms with Gasteiger partial charge in [-0.15, -0.1) is 21.5 Å². The topological polar surface area (TPSA) is 85.6 Å². The minimum atomic E-state index is -0.487. The molecule has 0 spiro atoms. The second kappa shape index (κ2) is 9.89. The van der Waals surface area contributed by atoms with Crippen LogP contribution >= 0.6 is 23.1 Å². The Kier molecular flexibility index (Phi) is 6.52. The minimum absolute atomic E-state index is 0.237. The predicted octanol–water partition coefficient (Wildman–Crippen LogP) is 5.91. The lowest BCUT2D eigenvalue weighted by Crippen LogP contribution is -2.23. The summed E-state index contributed by atoms with van der Waals surface area (Å²) in [5, 5.41) is 15.0. The van der Waals surface area contributed by atoms with Crippen LogP contribution in [0.4, 0.5) is 5.00 Å². The van der Waals surface area contributed by atoms with Crippen molar-refractivity contribution in [3.05, 3.63) is 77.7 Å². The Morgan fingerprint density at radius 2 is 1.83 bits per heavy atom. The van der Waals surface area contributed by atoms with Crippen molar-refractivity contribution in [2.45, 2.75) is 24.3 Å². The van der Waals surface area contributed by atoms with Crippen molar-refractivity contribution in [1.29, 1.82) is 0 Å². The van der Waals surface area contributed by atoms with Crippen LogP contribution in [0.1, 0.15) is 24.2 Å². The minimum Gasteiger partial charge on any atom is -0.462 e. The van der Waals surface area contributed by atoms with Gasteiger partial charge in [-0.05, 0) is 43.0 Å². The monoisotopic (exact) mass is 502 g/mol. The van der Waals surface area contributed by atoms with Gasteiger partial charge >= 0.3 is 5.97 Å². The maximum Gasteiger partial charge on any atom is 0.341 e. The van der Waals surface area contributed by atoms with E-state index in [0.29, 0.717) is 21.4 Å². The predicted molar refractivity (Wildman–Crippen MR) is 140 cm³/mol. The van der Waals surface area contributed by atoms with E-state index < -0.39 is 11.2 Å². The highest BCUT2D eigenvalue weighted by atomic mass is 32.2. The summed E-state index contributed by atoms with van der Waals surface area (Å²) >= 11 is 2.62. The number of amides is 1. The molecule has 35 heavy (non-hydrogen) atoms. The van der Waals surface area contributed by atoms with E-state index in [2.05, 4.69) is 15.5 Å². The summed E-state index contributed by atoms with van der Waals surface area (Å²) in [6.45, 7) is 3.81. The van der Waals surface area contributed by atoms with Crippen LogP contribution in [0.25, 0.3) is 27.7 Å². The average molecular weight is 503 g/mol. The van der Waals surface area contributed by atoms with E-state index >= 15 is 0 Å². The van der Waals surface area contributed by atoms with Crippen LogP contribution in [0.5, 0.6) is 0 Å². The van der Waals surface area contributed by atoms with Gasteiger partial charge < -0.3 is 10.1 Å². The van der Waals surface area contributed by atoms with Gasteiger partial charge in [0.15, 0.2) is 10.8 Å². The third-order valence-corrected chi connectivity index (χ3v) is 7.43. The smallest absolute Gasteiger partial charge is 0.341 e. The first-order valence-corrected chi connectivity index (χ1v) is 12.9. The largest absolute Gasteiger partial charge is 0.462 e. The highest BCUT2D eigenvalue weighted by Gasteiger charge is 2.25. The number of aromatic nitrogens is 3. The fraction of sp³-hybridized carbons (Fsp3) is 0.154. The van der Waals surface area contributed by atoms with Gasteiger partial charge in [0.05, 0.1) is 17.4 Å². The Balaban J connectivity index is 1.42. The van der Waals surface area contributed by atoms with E-state index in [0.717, 1.165) is 22.0 Å². The number of thioether (sulfide) groups is 1. The highest BCUT2D eigenvalue weighted by molar-refractivity contribution is 8.00. The van der Waals surface area contributed by atoms with Gasteiger partial charge in [-0.2, -0.15) is 0 Å². The summed E-state index contributed by atoms with van der Waals surface area (Å²) in [7, 11) is 0. The van der Waals surface area contributed by atoms with Gasteiger partial charge in [-0.25, -0.2) is 4.79 Å². The zero-order chi connectivity index (χ0) is 24.4. The number of rotatable bonds is 7. The molecule has 0 saturated carbocycles. The number of carbonyl (C=O) groups excluding carboxylic acids is 2. The first-order valence-electron chi connectivity index (χ1n) is 11.1. The molecule has 5 rings (SSSR count). The number of hydrogen-bond acceptors (Lipinski definition) is 7. The molecule has 9 heteroatoms. The molecule has 176 valence electrons. The second-order valence-corrected chi connectivity index (χ2v) is 9.95. The zero-order valence-corrected chi connectivity index (χ0v) is 20.7. The number of para-hydroxylation sites is 1. The maximum atomic E-state index is 13.2. The number of hydrogen-bond donors (Lipinski definition) is 1. The van der Waals surface area contributed by atoms with Gasteiger partial charge in [0.25, 0.3) is 0 Å². The number of esters is 1. The second-order valence-electron chi connectivity index (χ2n) is 7.76. The van der Waals surface area contributed by atoms with E-state index in [1.165, 1.54) is 23.1 Å². The van der Waals surface area contributed by atoms with Gasteiger partial charge in [0.2, 0.25) is 5.91 Å². The molecular formula is C26H22N4O3S2. The lowest BCUT2D eigenvalue weighted by Gasteiger charge is -2.12. The molecule has 7 nitrogen and oxygen atoms in total. The Morgan fingerprint density at radius 1 is 1.06 bits per heavy atom. The van der Waals surface area contributed by atoms with E-state index in [9.17, 15) is 9.59 Å². The number of benzene rings is 2. The molecule has 1 unspecified atom stereocenters. The van der Waals surface area contributed by atoms with Crippen molar-refractivity contribution in [1.82, 2.24) is 14.6 Å². The van der Waals surface area contributed by atoms with Crippen LogP contribution in [0.3, 0.4) is 0 Å². The van der Waals surface area contributed by atoms with Crippen molar-refractivity contribution >= 4 is 56.5 Å². The molecule has 3 aromatic heterocycles. The lowest BCUT2D eigenvalue weighted by atomic mass is 10.0. The SMILES string of the molecule is CCOC(=O)c1c(-c2ccccc2)csc1NC(=O)C(C)Sc1nnc2ccc3ccccc3n12. The molecule has 1 N–H and O–H groups in total. The number of fused-ring (bicyclic) bond motifs is 3. The summed E-state index contributed by atoms with van der Waals surface area (Å²) in [5.41, 5.74) is 3.68. The third-order valence-electron chi connectivity index (χ3n) is 5.49. The quantitative estimate of drug-likeness (QED) is 0.220. The van der Waals surface area contributed by atoms with E-state index in [-0.39, 0.29) is 12.5 Å². The van der Waals surface area contributed by atoms with Crippen molar-refractivity contribution in [3.63, 3.8) is 0 Å². The summed E-state index contributed by atoms with van der Waals surface area (Å²) in [4.78, 5) is 26.0. The molecule has 3 heterocycles. The molecule has 0 aliphatic rings. The lowest BCUT2D eigenvalue weighted by molar-refractivity contribution is -0.115. The van der Waals surface area contributed by atoms with Gasteiger partial charge in [-0.3, -0.25) is 9.20 Å². The molecule has 0 fully saturated rings. The van der Waals surface area contributed by atoms with Crippen LogP contribution in [0, 0.1) is 0 Å². The number of nitrogens with one attached hydrogen (secondary N) is 1.